The number of para-hydroxylation sites is 1. The molecular weight excluding hydrogens is 364 g/mol. The second-order valence-corrected chi connectivity index (χ2v) is 6.17. The second kappa shape index (κ2) is 7.39. The molecule has 1 amide bonds. The van der Waals surface area contributed by atoms with Gasteiger partial charge in [0.1, 0.15) is 11.4 Å². The van der Waals surface area contributed by atoms with Gasteiger partial charge in [0.05, 0.1) is 17.6 Å². The molecule has 0 unspecified atom stereocenters. The summed E-state index contributed by atoms with van der Waals surface area (Å²) >= 11 is 5.97. The highest BCUT2D eigenvalue weighted by atomic mass is 35.5. The Bertz CT molecular complexity index is 1060. The first-order valence-corrected chi connectivity index (χ1v) is 8.60. The fraction of sp³-hybridized carbons (Fsp3) is 0. The van der Waals surface area contributed by atoms with Crippen LogP contribution in [-0.4, -0.2) is 15.7 Å². The summed E-state index contributed by atoms with van der Waals surface area (Å²) in [6.07, 6.45) is 1.57. The third-order valence-corrected chi connectivity index (χ3v) is 4.10. The van der Waals surface area contributed by atoms with E-state index in [1.165, 1.54) is 0 Å². The highest BCUT2D eigenvalue weighted by molar-refractivity contribution is 6.30. The van der Waals surface area contributed by atoms with Crippen molar-refractivity contribution in [2.45, 2.75) is 0 Å². The molecule has 4 aromatic rings. The Morgan fingerprint density at radius 3 is 2.59 bits per heavy atom. The SMILES string of the molecule is O=C(NNc1cccc(Cl)c1)c1cc(-c2ccco2)nn1-c1ccccc1. The standard InChI is InChI=1S/C20H15ClN4O2/c21-14-6-4-7-15(12-14)22-23-20(26)18-13-17(19-10-5-11-27-19)24-25(18)16-8-2-1-3-9-16/h1-13,22H,(H,23,26). The maximum Gasteiger partial charge on any atom is 0.288 e. The number of benzene rings is 2. The van der Waals surface area contributed by atoms with Crippen molar-refractivity contribution in [1.29, 1.82) is 0 Å². The van der Waals surface area contributed by atoms with Gasteiger partial charge >= 0.3 is 0 Å². The lowest BCUT2D eigenvalue weighted by Crippen LogP contribution is -2.31. The van der Waals surface area contributed by atoms with Crippen LogP contribution >= 0.6 is 11.6 Å². The van der Waals surface area contributed by atoms with Crippen molar-refractivity contribution in [2.75, 3.05) is 5.43 Å². The van der Waals surface area contributed by atoms with Gasteiger partial charge in [-0.1, -0.05) is 35.9 Å². The van der Waals surface area contributed by atoms with Crippen molar-refractivity contribution in [3.05, 3.63) is 89.8 Å². The minimum atomic E-state index is -0.343. The number of nitrogens with one attached hydrogen (secondary N) is 2. The Morgan fingerprint density at radius 2 is 1.85 bits per heavy atom. The molecule has 2 aromatic heterocycles. The van der Waals surface area contributed by atoms with Gasteiger partial charge in [-0.3, -0.25) is 15.6 Å². The lowest BCUT2D eigenvalue weighted by Gasteiger charge is -2.10. The Kier molecular flexibility index (Phi) is 4.63. The van der Waals surface area contributed by atoms with E-state index >= 15 is 0 Å². The van der Waals surface area contributed by atoms with E-state index in [0.29, 0.717) is 27.9 Å². The number of aromatic nitrogens is 2. The third kappa shape index (κ3) is 3.70. The first-order chi connectivity index (χ1) is 13.2. The number of rotatable bonds is 5. The van der Waals surface area contributed by atoms with Gasteiger partial charge in [0.25, 0.3) is 5.91 Å². The summed E-state index contributed by atoms with van der Waals surface area (Å²) in [5.74, 6) is 0.241. The van der Waals surface area contributed by atoms with Crippen LogP contribution in [0.2, 0.25) is 5.02 Å². The average Bonchev–Trinajstić information content (AvgIpc) is 3.36. The molecule has 0 aliphatic heterocycles. The van der Waals surface area contributed by atoms with Gasteiger partial charge in [0, 0.05) is 11.1 Å². The number of amides is 1. The van der Waals surface area contributed by atoms with Gasteiger partial charge in [-0.2, -0.15) is 5.10 Å². The van der Waals surface area contributed by atoms with Crippen LogP contribution in [-0.2, 0) is 0 Å². The molecule has 0 aliphatic rings. The number of furan rings is 1. The van der Waals surface area contributed by atoms with Gasteiger partial charge in [-0.25, -0.2) is 4.68 Å². The number of hydrazine groups is 1. The first kappa shape index (κ1) is 16.9. The van der Waals surface area contributed by atoms with Crippen LogP contribution in [0.1, 0.15) is 10.5 Å². The summed E-state index contributed by atoms with van der Waals surface area (Å²) in [5, 5.41) is 5.10. The molecule has 134 valence electrons. The Labute approximate surface area is 160 Å². The summed E-state index contributed by atoms with van der Waals surface area (Å²) in [4.78, 5) is 12.8. The molecule has 0 radical (unpaired) electrons. The largest absolute Gasteiger partial charge is 0.463 e. The number of nitrogens with zero attached hydrogens (tertiary/aromatic N) is 2. The van der Waals surface area contributed by atoms with E-state index in [0.717, 1.165) is 5.69 Å². The minimum absolute atomic E-state index is 0.343. The number of anilines is 1. The van der Waals surface area contributed by atoms with Gasteiger partial charge in [-0.15, -0.1) is 0 Å². The van der Waals surface area contributed by atoms with Crippen LogP contribution in [0.25, 0.3) is 17.1 Å². The number of carbonyl (C=O) groups is 1. The number of carbonyl (C=O) groups excluding carboxylic acids is 1. The van der Waals surface area contributed by atoms with E-state index < -0.39 is 0 Å². The summed E-state index contributed by atoms with van der Waals surface area (Å²) in [6, 6.07) is 21.7. The molecule has 0 saturated carbocycles. The molecule has 0 bridgehead atoms. The zero-order valence-corrected chi connectivity index (χ0v) is 14.9. The summed E-state index contributed by atoms with van der Waals surface area (Å²) in [6.45, 7) is 0. The Hall–Kier alpha value is -3.51. The summed E-state index contributed by atoms with van der Waals surface area (Å²) < 4.78 is 6.98. The lowest BCUT2D eigenvalue weighted by molar-refractivity contribution is 0.0955. The maximum absolute atomic E-state index is 12.8. The van der Waals surface area contributed by atoms with Gasteiger partial charge in [0.15, 0.2) is 5.76 Å². The molecule has 0 spiro atoms. The molecule has 0 saturated heterocycles. The Balaban J connectivity index is 1.65. The van der Waals surface area contributed by atoms with Crippen molar-refractivity contribution in [3.8, 4) is 17.1 Å². The monoisotopic (exact) mass is 378 g/mol. The van der Waals surface area contributed by atoms with E-state index in [9.17, 15) is 4.79 Å². The molecule has 0 atom stereocenters. The number of hydrogen-bond donors (Lipinski definition) is 2. The van der Waals surface area contributed by atoms with E-state index in [-0.39, 0.29) is 5.91 Å². The van der Waals surface area contributed by atoms with Crippen molar-refractivity contribution in [2.24, 2.45) is 0 Å². The van der Waals surface area contributed by atoms with Crippen molar-refractivity contribution >= 4 is 23.2 Å². The maximum atomic E-state index is 12.8. The first-order valence-electron chi connectivity index (χ1n) is 8.22. The molecular formula is C20H15ClN4O2. The van der Waals surface area contributed by atoms with E-state index in [2.05, 4.69) is 16.0 Å². The van der Waals surface area contributed by atoms with Crippen LogP contribution in [0.3, 0.4) is 0 Å². The highest BCUT2D eigenvalue weighted by Crippen LogP contribution is 2.22. The van der Waals surface area contributed by atoms with Crippen LogP contribution in [0.15, 0.2) is 83.5 Å². The van der Waals surface area contributed by atoms with Crippen LogP contribution < -0.4 is 10.9 Å². The predicted octanol–water partition coefficient (Wildman–Crippen LogP) is 4.54. The topological polar surface area (TPSA) is 72.1 Å². The number of halogens is 1. The second-order valence-electron chi connectivity index (χ2n) is 5.73. The average molecular weight is 379 g/mol. The van der Waals surface area contributed by atoms with Gasteiger partial charge in [-0.05, 0) is 42.5 Å². The van der Waals surface area contributed by atoms with Gasteiger partial charge < -0.3 is 4.42 Å². The summed E-state index contributed by atoms with van der Waals surface area (Å²) in [5.41, 5.74) is 7.90. The molecule has 0 fully saturated rings. The molecule has 0 aliphatic carbocycles. The Morgan fingerprint density at radius 1 is 1.00 bits per heavy atom. The minimum Gasteiger partial charge on any atom is -0.463 e. The molecule has 2 heterocycles. The van der Waals surface area contributed by atoms with E-state index in [4.69, 9.17) is 16.0 Å². The normalized spacial score (nSPS) is 10.6. The predicted molar refractivity (Wildman–Crippen MR) is 104 cm³/mol. The van der Waals surface area contributed by atoms with E-state index in [1.54, 1.807) is 53.4 Å². The molecule has 7 heteroatoms. The van der Waals surface area contributed by atoms with Crippen LogP contribution in [0, 0.1) is 0 Å². The zero-order chi connectivity index (χ0) is 18.6. The van der Waals surface area contributed by atoms with E-state index in [1.807, 2.05) is 30.3 Å². The summed E-state index contributed by atoms with van der Waals surface area (Å²) in [7, 11) is 0. The molecule has 2 aromatic carbocycles. The smallest absolute Gasteiger partial charge is 0.288 e. The van der Waals surface area contributed by atoms with Crippen LogP contribution in [0.4, 0.5) is 5.69 Å². The quantitative estimate of drug-likeness (QED) is 0.500. The fourth-order valence-corrected chi connectivity index (χ4v) is 2.80. The van der Waals surface area contributed by atoms with Gasteiger partial charge in [0.2, 0.25) is 0 Å². The lowest BCUT2D eigenvalue weighted by atomic mass is 10.3. The van der Waals surface area contributed by atoms with Crippen molar-refractivity contribution < 1.29 is 9.21 Å². The van der Waals surface area contributed by atoms with Crippen LogP contribution in [0.5, 0.6) is 0 Å². The number of hydrogen-bond acceptors (Lipinski definition) is 4. The fourth-order valence-electron chi connectivity index (χ4n) is 2.61. The zero-order valence-electron chi connectivity index (χ0n) is 14.1. The highest BCUT2D eigenvalue weighted by Gasteiger charge is 2.18. The van der Waals surface area contributed by atoms with Crippen molar-refractivity contribution in [3.63, 3.8) is 0 Å². The molecule has 4 rings (SSSR count). The molecule has 2 N–H and O–H groups in total. The van der Waals surface area contributed by atoms with Crippen molar-refractivity contribution in [1.82, 2.24) is 15.2 Å². The molecule has 6 nitrogen and oxygen atoms in total. The molecule has 27 heavy (non-hydrogen) atoms. The third-order valence-electron chi connectivity index (χ3n) is 3.86.